The molecule has 0 amide bonds. The third-order valence-corrected chi connectivity index (χ3v) is 4.38. The fourth-order valence-corrected chi connectivity index (χ4v) is 2.75. The molecular formula is C16H25FN2. The Morgan fingerprint density at radius 2 is 2.26 bits per heavy atom. The van der Waals surface area contributed by atoms with Crippen LogP contribution in [-0.4, -0.2) is 31.1 Å². The first-order valence-corrected chi connectivity index (χ1v) is 7.33. The van der Waals surface area contributed by atoms with Crippen molar-refractivity contribution in [1.29, 1.82) is 0 Å². The van der Waals surface area contributed by atoms with E-state index in [9.17, 15) is 4.39 Å². The summed E-state index contributed by atoms with van der Waals surface area (Å²) in [5.41, 5.74) is 2.46. The van der Waals surface area contributed by atoms with Crippen LogP contribution in [0.25, 0.3) is 0 Å². The summed E-state index contributed by atoms with van der Waals surface area (Å²) in [6.45, 7) is 6.52. The molecule has 0 saturated carbocycles. The number of fused-ring (bicyclic) bond motifs is 1. The second kappa shape index (κ2) is 6.49. The van der Waals surface area contributed by atoms with E-state index >= 15 is 0 Å². The van der Waals surface area contributed by atoms with Gasteiger partial charge in [-0.3, -0.25) is 0 Å². The minimum absolute atomic E-state index is 0.115. The van der Waals surface area contributed by atoms with Gasteiger partial charge >= 0.3 is 0 Å². The first kappa shape index (κ1) is 14.5. The third-order valence-electron chi connectivity index (χ3n) is 4.38. The van der Waals surface area contributed by atoms with Crippen molar-refractivity contribution in [3.8, 4) is 0 Å². The van der Waals surface area contributed by atoms with E-state index in [1.807, 2.05) is 6.07 Å². The molecule has 2 unspecified atom stereocenters. The molecule has 1 N–H and O–H groups in total. The smallest absolute Gasteiger partial charge is 0.123 e. The van der Waals surface area contributed by atoms with Crippen LogP contribution in [0.1, 0.15) is 43.9 Å². The number of halogens is 1. The van der Waals surface area contributed by atoms with Crippen LogP contribution in [-0.2, 0) is 6.42 Å². The third kappa shape index (κ3) is 3.54. The van der Waals surface area contributed by atoms with Crippen molar-refractivity contribution in [2.75, 3.05) is 20.1 Å². The van der Waals surface area contributed by atoms with E-state index in [0.717, 1.165) is 25.9 Å². The van der Waals surface area contributed by atoms with E-state index in [1.54, 1.807) is 12.1 Å². The first-order chi connectivity index (χ1) is 9.11. The molecule has 0 heterocycles. The molecule has 1 aromatic carbocycles. The highest BCUT2D eigenvalue weighted by Gasteiger charge is 2.22. The highest BCUT2D eigenvalue weighted by atomic mass is 19.1. The predicted molar refractivity (Wildman–Crippen MR) is 77.8 cm³/mol. The zero-order valence-electron chi connectivity index (χ0n) is 12.2. The summed E-state index contributed by atoms with van der Waals surface area (Å²) < 4.78 is 13.1. The fourth-order valence-electron chi connectivity index (χ4n) is 2.75. The lowest BCUT2D eigenvalue weighted by Gasteiger charge is -2.24. The van der Waals surface area contributed by atoms with Crippen LogP contribution >= 0.6 is 0 Å². The Morgan fingerprint density at radius 3 is 3.00 bits per heavy atom. The van der Waals surface area contributed by atoms with Gasteiger partial charge < -0.3 is 10.2 Å². The second-order valence-corrected chi connectivity index (χ2v) is 5.63. The fraction of sp³-hybridized carbons (Fsp3) is 0.625. The van der Waals surface area contributed by atoms with E-state index in [2.05, 4.69) is 31.1 Å². The number of aryl methyl sites for hydroxylation is 1. The van der Waals surface area contributed by atoms with Crippen molar-refractivity contribution < 1.29 is 4.39 Å². The van der Waals surface area contributed by atoms with Crippen LogP contribution < -0.4 is 5.32 Å². The summed E-state index contributed by atoms with van der Waals surface area (Å²) in [6, 6.07) is 6.23. The molecule has 0 radical (unpaired) electrons. The molecular weight excluding hydrogens is 239 g/mol. The van der Waals surface area contributed by atoms with Crippen molar-refractivity contribution >= 4 is 0 Å². The number of hydrogen-bond acceptors (Lipinski definition) is 2. The zero-order valence-corrected chi connectivity index (χ0v) is 12.2. The van der Waals surface area contributed by atoms with Crippen LogP contribution in [0.2, 0.25) is 0 Å². The lowest BCUT2D eigenvalue weighted by atomic mass is 10.1. The minimum Gasteiger partial charge on any atom is -0.309 e. The summed E-state index contributed by atoms with van der Waals surface area (Å²) in [4.78, 5) is 2.38. The normalized spacial score (nSPS) is 19.7. The maximum atomic E-state index is 13.1. The van der Waals surface area contributed by atoms with Crippen molar-refractivity contribution in [1.82, 2.24) is 10.2 Å². The van der Waals surface area contributed by atoms with Gasteiger partial charge in [-0.05, 0) is 56.5 Å². The molecule has 0 aromatic heterocycles. The number of rotatable bonds is 6. The maximum Gasteiger partial charge on any atom is 0.123 e. The van der Waals surface area contributed by atoms with Crippen molar-refractivity contribution in [2.24, 2.45) is 0 Å². The average Bonchev–Trinajstić information content (AvgIpc) is 2.80. The molecule has 0 bridgehead atoms. The van der Waals surface area contributed by atoms with Gasteiger partial charge in [-0.2, -0.15) is 0 Å². The molecule has 1 aromatic rings. The SMILES string of the molecule is CCC(C)N(C)CCNC1CCc2cc(F)ccc21. The summed E-state index contributed by atoms with van der Waals surface area (Å²) in [5.74, 6) is -0.115. The number of nitrogens with zero attached hydrogens (tertiary/aromatic N) is 1. The maximum absolute atomic E-state index is 13.1. The van der Waals surface area contributed by atoms with Gasteiger partial charge in [0.05, 0.1) is 0 Å². The first-order valence-electron chi connectivity index (χ1n) is 7.33. The topological polar surface area (TPSA) is 15.3 Å². The quantitative estimate of drug-likeness (QED) is 0.849. The molecule has 0 fully saturated rings. The Kier molecular flexibility index (Phi) is 4.94. The standard InChI is InChI=1S/C16H25FN2/c1-4-12(2)19(3)10-9-18-16-8-5-13-11-14(17)6-7-15(13)16/h6-7,11-12,16,18H,4-5,8-10H2,1-3H3. The highest BCUT2D eigenvalue weighted by Crippen LogP contribution is 2.31. The van der Waals surface area contributed by atoms with Gasteiger partial charge in [0.15, 0.2) is 0 Å². The zero-order chi connectivity index (χ0) is 13.8. The molecule has 0 saturated heterocycles. The molecule has 0 aliphatic heterocycles. The number of likely N-dealkylation sites (N-methyl/N-ethyl adjacent to an activating group) is 1. The van der Waals surface area contributed by atoms with Crippen molar-refractivity contribution in [3.05, 3.63) is 35.1 Å². The second-order valence-electron chi connectivity index (χ2n) is 5.63. The van der Waals surface area contributed by atoms with Crippen molar-refractivity contribution in [2.45, 2.75) is 45.2 Å². The number of benzene rings is 1. The summed E-state index contributed by atoms with van der Waals surface area (Å²) >= 11 is 0. The van der Waals surface area contributed by atoms with E-state index in [0.29, 0.717) is 12.1 Å². The van der Waals surface area contributed by atoms with Gasteiger partial charge in [0.25, 0.3) is 0 Å². The minimum atomic E-state index is -0.115. The van der Waals surface area contributed by atoms with Crippen LogP contribution in [0.15, 0.2) is 18.2 Å². The molecule has 0 spiro atoms. The van der Waals surface area contributed by atoms with Crippen LogP contribution in [0, 0.1) is 5.82 Å². The van der Waals surface area contributed by atoms with E-state index in [1.165, 1.54) is 17.5 Å². The molecule has 2 rings (SSSR count). The molecule has 106 valence electrons. The van der Waals surface area contributed by atoms with Crippen LogP contribution in [0.4, 0.5) is 4.39 Å². The highest BCUT2D eigenvalue weighted by molar-refractivity contribution is 5.34. The van der Waals surface area contributed by atoms with E-state index in [4.69, 9.17) is 0 Å². The molecule has 3 heteroatoms. The number of hydrogen-bond donors (Lipinski definition) is 1. The molecule has 2 atom stereocenters. The van der Waals surface area contributed by atoms with Gasteiger partial charge in [0, 0.05) is 25.2 Å². The van der Waals surface area contributed by atoms with E-state index < -0.39 is 0 Å². The Balaban J connectivity index is 1.83. The van der Waals surface area contributed by atoms with Gasteiger partial charge in [-0.15, -0.1) is 0 Å². The molecule has 2 nitrogen and oxygen atoms in total. The van der Waals surface area contributed by atoms with Gasteiger partial charge in [0.1, 0.15) is 5.82 Å². The molecule has 1 aliphatic carbocycles. The van der Waals surface area contributed by atoms with Gasteiger partial charge in [-0.25, -0.2) is 4.39 Å². The Bertz CT molecular complexity index is 419. The Morgan fingerprint density at radius 1 is 1.47 bits per heavy atom. The molecule has 1 aliphatic rings. The summed E-state index contributed by atoms with van der Waals surface area (Å²) in [7, 11) is 2.17. The van der Waals surface area contributed by atoms with Crippen molar-refractivity contribution in [3.63, 3.8) is 0 Å². The largest absolute Gasteiger partial charge is 0.309 e. The lowest BCUT2D eigenvalue weighted by Crippen LogP contribution is -2.35. The van der Waals surface area contributed by atoms with Crippen LogP contribution in [0.5, 0.6) is 0 Å². The Labute approximate surface area is 116 Å². The van der Waals surface area contributed by atoms with E-state index in [-0.39, 0.29) is 5.82 Å². The average molecular weight is 264 g/mol. The lowest BCUT2D eigenvalue weighted by molar-refractivity contribution is 0.248. The molecule has 19 heavy (non-hydrogen) atoms. The Hall–Kier alpha value is -0.930. The van der Waals surface area contributed by atoms with Gasteiger partial charge in [0.2, 0.25) is 0 Å². The number of nitrogens with one attached hydrogen (secondary N) is 1. The monoisotopic (exact) mass is 264 g/mol. The van der Waals surface area contributed by atoms with Gasteiger partial charge in [-0.1, -0.05) is 13.0 Å². The predicted octanol–water partition coefficient (Wildman–Crippen LogP) is 3.13. The summed E-state index contributed by atoms with van der Waals surface area (Å²) in [5, 5.41) is 3.60. The summed E-state index contributed by atoms with van der Waals surface area (Å²) in [6.07, 6.45) is 3.26. The van der Waals surface area contributed by atoms with Crippen LogP contribution in [0.3, 0.4) is 0 Å².